The summed E-state index contributed by atoms with van der Waals surface area (Å²) in [4.78, 5) is 1.56. The van der Waals surface area contributed by atoms with Gasteiger partial charge in [0.15, 0.2) is 0 Å². The van der Waals surface area contributed by atoms with Gasteiger partial charge < -0.3 is 9.64 Å². The Morgan fingerprint density at radius 2 is 1.87 bits per heavy atom. The van der Waals surface area contributed by atoms with E-state index in [9.17, 15) is 0 Å². The third-order valence-electron chi connectivity index (χ3n) is 2.97. The van der Waals surface area contributed by atoms with Gasteiger partial charge >= 0.3 is 0 Å². The van der Waals surface area contributed by atoms with Gasteiger partial charge in [-0.05, 0) is 6.08 Å². The highest BCUT2D eigenvalue weighted by molar-refractivity contribution is 5.20. The Hall–Kier alpha value is -1.12. The van der Waals surface area contributed by atoms with Crippen molar-refractivity contribution in [3.63, 3.8) is 0 Å². The van der Waals surface area contributed by atoms with Crippen molar-refractivity contribution in [2.24, 2.45) is 0 Å². The van der Waals surface area contributed by atoms with Gasteiger partial charge in [-0.2, -0.15) is 0 Å². The molecule has 1 unspecified atom stereocenters. The average Bonchev–Trinajstić information content (AvgIpc) is 2.33. The van der Waals surface area contributed by atoms with Crippen molar-refractivity contribution < 1.29 is 9.64 Å². The standard InChI is InChI=1S/C13H17NO/c1-2-13(12-6-4-3-5-7-12)14-8-10-15-11-9-14/h2-7,13H,1,8-11H2/p+1. The van der Waals surface area contributed by atoms with Crippen LogP contribution in [0.2, 0.25) is 0 Å². The number of morpholine rings is 1. The van der Waals surface area contributed by atoms with Crippen LogP contribution in [0.25, 0.3) is 0 Å². The molecule has 1 atom stereocenters. The maximum absolute atomic E-state index is 5.38. The molecule has 15 heavy (non-hydrogen) atoms. The molecule has 1 fully saturated rings. The van der Waals surface area contributed by atoms with Crippen molar-refractivity contribution in [1.29, 1.82) is 0 Å². The number of hydrogen-bond donors (Lipinski definition) is 1. The van der Waals surface area contributed by atoms with E-state index in [4.69, 9.17) is 4.74 Å². The lowest BCUT2D eigenvalue weighted by Gasteiger charge is -2.29. The molecule has 0 aliphatic carbocycles. The van der Waals surface area contributed by atoms with E-state index in [1.165, 1.54) is 5.56 Å². The maximum atomic E-state index is 5.38. The molecular formula is C13H18NO+. The summed E-state index contributed by atoms with van der Waals surface area (Å²) in [5, 5.41) is 0. The van der Waals surface area contributed by atoms with Crippen LogP contribution in [0.3, 0.4) is 0 Å². The van der Waals surface area contributed by atoms with Crippen LogP contribution in [0.15, 0.2) is 43.0 Å². The number of rotatable bonds is 3. The van der Waals surface area contributed by atoms with E-state index in [0.29, 0.717) is 6.04 Å². The topological polar surface area (TPSA) is 13.7 Å². The molecule has 1 N–H and O–H groups in total. The molecule has 0 saturated carbocycles. The van der Waals surface area contributed by atoms with Crippen LogP contribution in [0.4, 0.5) is 0 Å². The molecule has 1 aromatic rings. The van der Waals surface area contributed by atoms with Crippen molar-refractivity contribution >= 4 is 0 Å². The minimum atomic E-state index is 0.412. The highest BCUT2D eigenvalue weighted by Gasteiger charge is 2.23. The van der Waals surface area contributed by atoms with Gasteiger partial charge in [-0.15, -0.1) is 0 Å². The minimum Gasteiger partial charge on any atom is -0.370 e. The first-order valence-electron chi connectivity index (χ1n) is 5.51. The first kappa shape index (κ1) is 10.4. The molecule has 0 radical (unpaired) electrons. The zero-order valence-corrected chi connectivity index (χ0v) is 8.99. The summed E-state index contributed by atoms with van der Waals surface area (Å²) in [6.45, 7) is 7.84. The second kappa shape index (κ2) is 5.10. The fraction of sp³-hybridized carbons (Fsp3) is 0.385. The molecular weight excluding hydrogens is 186 g/mol. The van der Waals surface area contributed by atoms with Crippen LogP contribution in [0, 0.1) is 0 Å². The lowest BCUT2D eigenvalue weighted by atomic mass is 10.1. The van der Waals surface area contributed by atoms with Gasteiger partial charge in [0.25, 0.3) is 0 Å². The molecule has 2 heteroatoms. The van der Waals surface area contributed by atoms with Gasteiger partial charge in [0, 0.05) is 5.56 Å². The van der Waals surface area contributed by atoms with Gasteiger partial charge in [-0.25, -0.2) is 0 Å². The van der Waals surface area contributed by atoms with Crippen molar-refractivity contribution in [2.75, 3.05) is 26.3 Å². The summed E-state index contributed by atoms with van der Waals surface area (Å²) in [5.74, 6) is 0. The summed E-state index contributed by atoms with van der Waals surface area (Å²) < 4.78 is 5.38. The maximum Gasteiger partial charge on any atom is 0.132 e. The van der Waals surface area contributed by atoms with E-state index >= 15 is 0 Å². The fourth-order valence-electron chi connectivity index (χ4n) is 2.14. The SMILES string of the molecule is C=CC(c1ccccc1)[NH+]1CCOCC1. The summed E-state index contributed by atoms with van der Waals surface area (Å²) in [6.07, 6.45) is 2.05. The highest BCUT2D eigenvalue weighted by Crippen LogP contribution is 2.09. The molecule has 2 nitrogen and oxygen atoms in total. The Bertz CT molecular complexity index is 304. The lowest BCUT2D eigenvalue weighted by Crippen LogP contribution is -3.14. The summed E-state index contributed by atoms with van der Waals surface area (Å²) in [7, 11) is 0. The number of ether oxygens (including phenoxy) is 1. The van der Waals surface area contributed by atoms with Gasteiger partial charge in [-0.1, -0.05) is 36.9 Å². The van der Waals surface area contributed by atoms with Crippen LogP contribution in [-0.4, -0.2) is 26.3 Å². The fourth-order valence-corrected chi connectivity index (χ4v) is 2.14. The highest BCUT2D eigenvalue weighted by atomic mass is 16.5. The smallest absolute Gasteiger partial charge is 0.132 e. The van der Waals surface area contributed by atoms with E-state index in [1.807, 2.05) is 0 Å². The molecule has 0 bridgehead atoms. The summed E-state index contributed by atoms with van der Waals surface area (Å²) in [5.41, 5.74) is 1.35. The largest absolute Gasteiger partial charge is 0.370 e. The predicted octanol–water partition coefficient (Wildman–Crippen LogP) is 0.829. The van der Waals surface area contributed by atoms with E-state index < -0.39 is 0 Å². The molecule has 1 aliphatic rings. The van der Waals surface area contributed by atoms with E-state index in [0.717, 1.165) is 26.3 Å². The molecule has 2 rings (SSSR count). The second-order valence-electron chi connectivity index (χ2n) is 3.89. The molecule has 0 aromatic heterocycles. The first-order chi connectivity index (χ1) is 7.42. The van der Waals surface area contributed by atoms with Crippen molar-refractivity contribution in [1.82, 2.24) is 0 Å². The average molecular weight is 204 g/mol. The molecule has 1 saturated heterocycles. The monoisotopic (exact) mass is 204 g/mol. The number of quaternary nitrogens is 1. The van der Waals surface area contributed by atoms with Crippen molar-refractivity contribution in [3.05, 3.63) is 48.6 Å². The Kier molecular flexibility index (Phi) is 3.54. The number of benzene rings is 1. The summed E-state index contributed by atoms with van der Waals surface area (Å²) >= 11 is 0. The molecule has 80 valence electrons. The van der Waals surface area contributed by atoms with Crippen LogP contribution in [0.5, 0.6) is 0 Å². The van der Waals surface area contributed by atoms with Crippen molar-refractivity contribution in [2.45, 2.75) is 6.04 Å². The quantitative estimate of drug-likeness (QED) is 0.720. The Morgan fingerprint density at radius 1 is 1.20 bits per heavy atom. The minimum absolute atomic E-state index is 0.412. The number of hydrogen-bond acceptors (Lipinski definition) is 1. The van der Waals surface area contributed by atoms with E-state index in [-0.39, 0.29) is 0 Å². The van der Waals surface area contributed by atoms with Crippen molar-refractivity contribution in [3.8, 4) is 0 Å². The van der Waals surface area contributed by atoms with Gasteiger partial charge in [-0.3, -0.25) is 0 Å². The van der Waals surface area contributed by atoms with Gasteiger partial charge in [0.05, 0.1) is 13.2 Å². The van der Waals surface area contributed by atoms with Crippen LogP contribution in [-0.2, 0) is 4.74 Å². The van der Waals surface area contributed by atoms with Crippen LogP contribution < -0.4 is 4.90 Å². The first-order valence-corrected chi connectivity index (χ1v) is 5.51. The normalized spacial score (nSPS) is 19.7. The van der Waals surface area contributed by atoms with Gasteiger partial charge in [0.2, 0.25) is 0 Å². The molecule has 0 amide bonds. The van der Waals surface area contributed by atoms with Gasteiger partial charge in [0.1, 0.15) is 19.1 Å². The third-order valence-corrected chi connectivity index (χ3v) is 2.97. The zero-order chi connectivity index (χ0) is 10.5. The lowest BCUT2D eigenvalue weighted by molar-refractivity contribution is -0.932. The molecule has 0 spiro atoms. The Balaban J connectivity index is 2.12. The van der Waals surface area contributed by atoms with E-state index in [2.05, 4.69) is 43.0 Å². The second-order valence-corrected chi connectivity index (χ2v) is 3.89. The Morgan fingerprint density at radius 3 is 2.47 bits per heavy atom. The molecule has 1 heterocycles. The Labute approximate surface area is 91.2 Å². The van der Waals surface area contributed by atoms with Crippen LogP contribution >= 0.6 is 0 Å². The zero-order valence-electron chi connectivity index (χ0n) is 8.99. The molecule has 1 aromatic carbocycles. The van der Waals surface area contributed by atoms with E-state index in [1.54, 1.807) is 4.90 Å². The molecule has 1 aliphatic heterocycles. The third kappa shape index (κ3) is 2.46. The number of nitrogens with one attached hydrogen (secondary N) is 1. The summed E-state index contributed by atoms with van der Waals surface area (Å²) in [6, 6.07) is 11.0. The van der Waals surface area contributed by atoms with Crippen LogP contribution in [0.1, 0.15) is 11.6 Å². The predicted molar refractivity (Wildman–Crippen MR) is 60.9 cm³/mol.